The molecule has 1 atom stereocenters. The molecule has 0 radical (unpaired) electrons. The summed E-state index contributed by atoms with van der Waals surface area (Å²) in [6, 6.07) is 6.80. The number of benzene rings is 1. The largest absolute Gasteiger partial charge is 0.328 e. The molecule has 0 saturated heterocycles. The number of nitrogens with one attached hydrogen (secondary N) is 1. The van der Waals surface area contributed by atoms with Gasteiger partial charge in [0.05, 0.1) is 4.90 Å². The Morgan fingerprint density at radius 2 is 1.71 bits per heavy atom. The third kappa shape index (κ3) is 4.46. The SMILES string of the molecule is CC(N)Cc1ccc(S(=O)(=O)NC(C)C)cc1. The summed E-state index contributed by atoms with van der Waals surface area (Å²) in [6.45, 7) is 5.51. The van der Waals surface area contributed by atoms with E-state index in [1.807, 2.05) is 6.92 Å². The van der Waals surface area contributed by atoms with Crippen molar-refractivity contribution in [2.75, 3.05) is 0 Å². The van der Waals surface area contributed by atoms with Crippen LogP contribution in [0.2, 0.25) is 0 Å². The van der Waals surface area contributed by atoms with E-state index in [1.54, 1.807) is 38.1 Å². The van der Waals surface area contributed by atoms with Gasteiger partial charge < -0.3 is 5.73 Å². The zero-order valence-corrected chi connectivity index (χ0v) is 11.3. The molecule has 17 heavy (non-hydrogen) atoms. The van der Waals surface area contributed by atoms with Crippen LogP contribution in [0.25, 0.3) is 0 Å². The Bertz CT molecular complexity index is 450. The van der Waals surface area contributed by atoms with Crippen molar-refractivity contribution in [2.45, 2.75) is 44.2 Å². The smallest absolute Gasteiger partial charge is 0.240 e. The standard InChI is InChI=1S/C12H20N2O2S/c1-9(2)14-17(15,16)12-6-4-11(5-7-12)8-10(3)13/h4-7,9-10,14H,8,13H2,1-3H3. The van der Waals surface area contributed by atoms with Crippen LogP contribution in [0.4, 0.5) is 0 Å². The summed E-state index contributed by atoms with van der Waals surface area (Å²) in [5.41, 5.74) is 6.73. The lowest BCUT2D eigenvalue weighted by atomic mass is 10.1. The van der Waals surface area contributed by atoms with Gasteiger partial charge in [0.25, 0.3) is 0 Å². The van der Waals surface area contributed by atoms with Gasteiger partial charge in [0.2, 0.25) is 10.0 Å². The highest BCUT2D eigenvalue weighted by Crippen LogP contribution is 2.12. The van der Waals surface area contributed by atoms with Crippen molar-refractivity contribution in [3.8, 4) is 0 Å². The Kier molecular flexibility index (Phi) is 4.68. The summed E-state index contributed by atoms with van der Waals surface area (Å²) in [7, 11) is -3.39. The summed E-state index contributed by atoms with van der Waals surface area (Å²) < 4.78 is 26.2. The van der Waals surface area contributed by atoms with Crippen LogP contribution in [0.1, 0.15) is 26.3 Å². The molecule has 0 aliphatic heterocycles. The van der Waals surface area contributed by atoms with Crippen LogP contribution >= 0.6 is 0 Å². The van der Waals surface area contributed by atoms with E-state index >= 15 is 0 Å². The second-order valence-corrected chi connectivity index (χ2v) is 6.32. The number of sulfonamides is 1. The lowest BCUT2D eigenvalue weighted by molar-refractivity contribution is 0.570. The fraction of sp³-hybridized carbons (Fsp3) is 0.500. The summed E-state index contributed by atoms with van der Waals surface area (Å²) in [4.78, 5) is 0.291. The Morgan fingerprint density at radius 3 is 2.12 bits per heavy atom. The second-order valence-electron chi connectivity index (χ2n) is 4.60. The predicted octanol–water partition coefficient (Wildman–Crippen LogP) is 1.26. The van der Waals surface area contributed by atoms with Crippen molar-refractivity contribution in [3.63, 3.8) is 0 Å². The molecule has 5 heteroatoms. The Hall–Kier alpha value is -0.910. The van der Waals surface area contributed by atoms with Crippen LogP contribution in [0, 0.1) is 0 Å². The van der Waals surface area contributed by atoms with Gasteiger partial charge in [-0.2, -0.15) is 0 Å². The minimum absolute atomic E-state index is 0.0752. The molecule has 96 valence electrons. The van der Waals surface area contributed by atoms with E-state index in [0.29, 0.717) is 4.90 Å². The molecule has 0 bridgehead atoms. The summed E-state index contributed by atoms with van der Waals surface area (Å²) >= 11 is 0. The van der Waals surface area contributed by atoms with E-state index in [0.717, 1.165) is 12.0 Å². The van der Waals surface area contributed by atoms with Gasteiger partial charge in [0.15, 0.2) is 0 Å². The highest BCUT2D eigenvalue weighted by Gasteiger charge is 2.14. The average Bonchev–Trinajstić information content (AvgIpc) is 2.15. The predicted molar refractivity (Wildman–Crippen MR) is 69.3 cm³/mol. The molecule has 0 spiro atoms. The molecule has 0 aliphatic rings. The Labute approximate surface area is 103 Å². The zero-order valence-electron chi connectivity index (χ0n) is 10.5. The number of hydrogen-bond acceptors (Lipinski definition) is 3. The number of rotatable bonds is 5. The first-order chi connectivity index (χ1) is 7.81. The first kappa shape index (κ1) is 14.2. The molecule has 0 fully saturated rings. The van der Waals surface area contributed by atoms with Gasteiger partial charge in [0.1, 0.15) is 0 Å². The molecule has 3 N–H and O–H groups in total. The fourth-order valence-electron chi connectivity index (χ4n) is 1.55. The molecular formula is C12H20N2O2S. The normalized spacial score (nSPS) is 13.9. The fourth-order valence-corrected chi connectivity index (χ4v) is 2.81. The Balaban J connectivity index is 2.87. The monoisotopic (exact) mass is 256 g/mol. The molecule has 0 amide bonds. The molecule has 0 saturated carbocycles. The van der Waals surface area contributed by atoms with Crippen LogP contribution in [0.15, 0.2) is 29.2 Å². The average molecular weight is 256 g/mol. The molecule has 0 aromatic heterocycles. The second kappa shape index (κ2) is 5.62. The first-order valence-electron chi connectivity index (χ1n) is 5.68. The first-order valence-corrected chi connectivity index (χ1v) is 7.16. The lowest BCUT2D eigenvalue weighted by Gasteiger charge is -2.10. The van der Waals surface area contributed by atoms with Crippen LogP contribution in [0.3, 0.4) is 0 Å². The van der Waals surface area contributed by atoms with Crippen molar-refractivity contribution < 1.29 is 8.42 Å². The molecule has 1 rings (SSSR count). The maximum Gasteiger partial charge on any atom is 0.240 e. The van der Waals surface area contributed by atoms with Crippen LogP contribution in [-0.2, 0) is 16.4 Å². The van der Waals surface area contributed by atoms with Crippen molar-refractivity contribution >= 4 is 10.0 Å². The molecular weight excluding hydrogens is 236 g/mol. The van der Waals surface area contributed by atoms with Crippen molar-refractivity contribution in [3.05, 3.63) is 29.8 Å². The maximum atomic E-state index is 11.8. The number of nitrogens with two attached hydrogens (primary N) is 1. The molecule has 0 heterocycles. The van der Waals surface area contributed by atoms with Gasteiger partial charge in [-0.1, -0.05) is 12.1 Å². The van der Waals surface area contributed by atoms with Gasteiger partial charge >= 0.3 is 0 Å². The minimum atomic E-state index is -3.39. The van der Waals surface area contributed by atoms with E-state index in [9.17, 15) is 8.42 Å². The number of hydrogen-bond donors (Lipinski definition) is 2. The van der Waals surface area contributed by atoms with E-state index < -0.39 is 10.0 Å². The third-order valence-electron chi connectivity index (χ3n) is 2.18. The summed E-state index contributed by atoms with van der Waals surface area (Å²) in [5.74, 6) is 0. The van der Waals surface area contributed by atoms with Crippen molar-refractivity contribution in [2.24, 2.45) is 5.73 Å². The molecule has 1 aromatic rings. The molecule has 1 aromatic carbocycles. The quantitative estimate of drug-likeness (QED) is 0.833. The summed E-state index contributed by atoms with van der Waals surface area (Å²) in [6.07, 6.45) is 0.748. The van der Waals surface area contributed by atoms with Gasteiger partial charge in [0, 0.05) is 12.1 Å². The van der Waals surface area contributed by atoms with E-state index in [4.69, 9.17) is 5.73 Å². The van der Waals surface area contributed by atoms with Gasteiger partial charge in [-0.3, -0.25) is 0 Å². The lowest BCUT2D eigenvalue weighted by Crippen LogP contribution is -2.30. The third-order valence-corrected chi connectivity index (χ3v) is 3.86. The topological polar surface area (TPSA) is 72.2 Å². The van der Waals surface area contributed by atoms with Crippen molar-refractivity contribution in [1.29, 1.82) is 0 Å². The molecule has 4 nitrogen and oxygen atoms in total. The van der Waals surface area contributed by atoms with Crippen LogP contribution in [-0.4, -0.2) is 20.5 Å². The zero-order chi connectivity index (χ0) is 13.1. The Morgan fingerprint density at radius 1 is 1.18 bits per heavy atom. The van der Waals surface area contributed by atoms with Crippen LogP contribution < -0.4 is 10.5 Å². The van der Waals surface area contributed by atoms with Gasteiger partial charge in [-0.05, 0) is 44.9 Å². The molecule has 1 unspecified atom stereocenters. The maximum absolute atomic E-state index is 11.8. The van der Waals surface area contributed by atoms with E-state index in [1.165, 1.54) is 0 Å². The van der Waals surface area contributed by atoms with Gasteiger partial charge in [-0.25, -0.2) is 13.1 Å². The highest BCUT2D eigenvalue weighted by molar-refractivity contribution is 7.89. The molecule has 0 aliphatic carbocycles. The highest BCUT2D eigenvalue weighted by atomic mass is 32.2. The van der Waals surface area contributed by atoms with E-state index in [-0.39, 0.29) is 12.1 Å². The van der Waals surface area contributed by atoms with E-state index in [2.05, 4.69) is 4.72 Å². The van der Waals surface area contributed by atoms with Crippen molar-refractivity contribution in [1.82, 2.24) is 4.72 Å². The summed E-state index contributed by atoms with van der Waals surface area (Å²) in [5, 5.41) is 0. The minimum Gasteiger partial charge on any atom is -0.328 e. The van der Waals surface area contributed by atoms with Crippen LogP contribution in [0.5, 0.6) is 0 Å². The van der Waals surface area contributed by atoms with Gasteiger partial charge in [-0.15, -0.1) is 0 Å².